The molecule has 1 saturated heterocycles. The highest BCUT2D eigenvalue weighted by molar-refractivity contribution is 5.96. The van der Waals surface area contributed by atoms with Gasteiger partial charge in [-0.25, -0.2) is 4.99 Å². The predicted octanol–water partition coefficient (Wildman–Crippen LogP) is 2.55. The average Bonchev–Trinajstić information content (AvgIpc) is 3.34. The molecule has 1 atom stereocenters. The zero-order valence-corrected chi connectivity index (χ0v) is 18.9. The molecular formula is C25H29N7O. The second-order valence-corrected chi connectivity index (χ2v) is 8.16. The van der Waals surface area contributed by atoms with Crippen LogP contribution in [-0.4, -0.2) is 66.0 Å². The lowest BCUT2D eigenvalue weighted by Gasteiger charge is -2.30. The Morgan fingerprint density at radius 3 is 2.61 bits per heavy atom. The largest absolute Gasteiger partial charge is 0.374 e. The van der Waals surface area contributed by atoms with E-state index < -0.39 is 6.23 Å². The Balaban J connectivity index is 1.81. The molecule has 0 bridgehead atoms. The quantitative estimate of drug-likeness (QED) is 0.193. The van der Waals surface area contributed by atoms with E-state index in [1.165, 1.54) is 0 Å². The van der Waals surface area contributed by atoms with Gasteiger partial charge in [0.15, 0.2) is 0 Å². The molecule has 0 amide bonds. The van der Waals surface area contributed by atoms with Crippen molar-refractivity contribution in [2.75, 3.05) is 27.2 Å². The lowest BCUT2D eigenvalue weighted by Crippen LogP contribution is -2.40. The fraction of sp³-hybridized carbons (Fsp3) is 0.320. The third-order valence-electron chi connectivity index (χ3n) is 6.13. The molecule has 4 N–H and O–H groups in total. The summed E-state index contributed by atoms with van der Waals surface area (Å²) in [5.41, 5.74) is 4.41. The van der Waals surface area contributed by atoms with Crippen LogP contribution in [-0.2, 0) is 0 Å². The summed E-state index contributed by atoms with van der Waals surface area (Å²) in [7, 11) is 3.71. The van der Waals surface area contributed by atoms with E-state index in [2.05, 4.69) is 31.8 Å². The molecule has 8 nitrogen and oxygen atoms in total. The minimum absolute atomic E-state index is 0.533. The van der Waals surface area contributed by atoms with Gasteiger partial charge in [-0.2, -0.15) is 10.4 Å². The summed E-state index contributed by atoms with van der Waals surface area (Å²) in [4.78, 5) is 7.10. The van der Waals surface area contributed by atoms with Crippen molar-refractivity contribution in [2.24, 2.45) is 4.99 Å². The van der Waals surface area contributed by atoms with Crippen LogP contribution in [0.5, 0.6) is 0 Å². The van der Waals surface area contributed by atoms with E-state index in [0.29, 0.717) is 22.9 Å². The fourth-order valence-electron chi connectivity index (χ4n) is 4.12. The highest BCUT2D eigenvalue weighted by atomic mass is 16.3. The maximum Gasteiger partial charge on any atom is 0.133 e. The van der Waals surface area contributed by atoms with E-state index >= 15 is 0 Å². The van der Waals surface area contributed by atoms with Gasteiger partial charge in [-0.3, -0.25) is 10.4 Å². The molecule has 3 aromatic rings. The number of hydrogen-bond acceptors (Lipinski definition) is 6. The molecule has 2 aromatic carbocycles. The monoisotopic (exact) mass is 443 g/mol. The zero-order valence-electron chi connectivity index (χ0n) is 18.9. The minimum atomic E-state index is -0.941. The number of aliphatic hydroxyl groups is 1. The zero-order chi connectivity index (χ0) is 23.2. The first-order valence-corrected chi connectivity index (χ1v) is 11.1. The summed E-state index contributed by atoms with van der Waals surface area (Å²) < 4.78 is 0. The Bertz CT molecular complexity index is 1180. The van der Waals surface area contributed by atoms with Crippen molar-refractivity contribution in [1.29, 1.82) is 5.26 Å². The molecule has 1 aliphatic rings. The maximum absolute atomic E-state index is 11.0. The Kier molecular flexibility index (Phi) is 7.15. The standard InChI is InChI=1S/C25H29N7O/c1-27-21-9-11-32(12-10-21)16-29-24(18-5-3-17(14-26)4-6-18)23(25(33)28-2)19-7-8-20-15-30-31-22(20)13-19/h3-8,13,15-16,21,25,27-28,33H,9-12H2,1-2H3,(H,30,31)/b24-23-,29-16?. The van der Waals surface area contributed by atoms with E-state index in [1.54, 1.807) is 25.4 Å². The summed E-state index contributed by atoms with van der Waals surface area (Å²) in [5, 5.41) is 34.6. The summed E-state index contributed by atoms with van der Waals surface area (Å²) in [6.45, 7) is 1.83. The van der Waals surface area contributed by atoms with Gasteiger partial charge >= 0.3 is 0 Å². The number of aliphatic imine (C=N–C) groups is 1. The summed E-state index contributed by atoms with van der Waals surface area (Å²) in [6, 6.07) is 15.9. The molecule has 0 radical (unpaired) electrons. The number of nitrogens with one attached hydrogen (secondary N) is 3. The molecule has 1 fully saturated rings. The van der Waals surface area contributed by atoms with Gasteiger partial charge in [-0.1, -0.05) is 24.3 Å². The van der Waals surface area contributed by atoms with Crippen LogP contribution in [0.4, 0.5) is 0 Å². The number of aromatic nitrogens is 2. The van der Waals surface area contributed by atoms with Crippen LogP contribution in [0.15, 0.2) is 53.7 Å². The number of likely N-dealkylation sites (N-methyl/N-ethyl adjacent to an activating group) is 1. The number of likely N-dealkylation sites (tertiary alicyclic amines) is 1. The molecule has 4 rings (SSSR count). The first-order valence-electron chi connectivity index (χ1n) is 11.1. The van der Waals surface area contributed by atoms with E-state index in [4.69, 9.17) is 4.99 Å². The number of aliphatic hydroxyl groups excluding tert-OH is 1. The van der Waals surface area contributed by atoms with Crippen LogP contribution in [0.25, 0.3) is 22.2 Å². The minimum Gasteiger partial charge on any atom is -0.374 e. The predicted molar refractivity (Wildman–Crippen MR) is 131 cm³/mol. The molecule has 0 saturated carbocycles. The number of rotatable bonds is 7. The molecule has 1 unspecified atom stereocenters. The molecule has 0 aliphatic carbocycles. The van der Waals surface area contributed by atoms with Gasteiger partial charge in [0, 0.05) is 35.7 Å². The Hall–Kier alpha value is -3.51. The highest BCUT2D eigenvalue weighted by Crippen LogP contribution is 2.31. The van der Waals surface area contributed by atoms with Gasteiger partial charge < -0.3 is 15.3 Å². The number of piperidine rings is 1. The first kappa shape index (κ1) is 22.7. The Morgan fingerprint density at radius 1 is 1.21 bits per heavy atom. The van der Waals surface area contributed by atoms with Crippen molar-refractivity contribution < 1.29 is 5.11 Å². The van der Waals surface area contributed by atoms with Gasteiger partial charge in [0.1, 0.15) is 6.23 Å². The molecule has 2 heterocycles. The number of H-pyrrole nitrogens is 1. The molecule has 0 spiro atoms. The summed E-state index contributed by atoms with van der Waals surface area (Å²) in [6.07, 6.45) is 4.81. The van der Waals surface area contributed by atoms with Gasteiger partial charge in [-0.05, 0) is 50.7 Å². The van der Waals surface area contributed by atoms with Gasteiger partial charge in [0.25, 0.3) is 0 Å². The second-order valence-electron chi connectivity index (χ2n) is 8.16. The van der Waals surface area contributed by atoms with Crippen LogP contribution in [0.3, 0.4) is 0 Å². The van der Waals surface area contributed by atoms with Crippen LogP contribution >= 0.6 is 0 Å². The summed E-state index contributed by atoms with van der Waals surface area (Å²) in [5.74, 6) is 0. The van der Waals surface area contributed by atoms with Crippen LogP contribution in [0, 0.1) is 11.3 Å². The van der Waals surface area contributed by atoms with Crippen molar-refractivity contribution in [2.45, 2.75) is 25.1 Å². The second kappa shape index (κ2) is 10.4. The van der Waals surface area contributed by atoms with Crippen molar-refractivity contribution >= 4 is 28.5 Å². The van der Waals surface area contributed by atoms with Crippen molar-refractivity contribution in [3.05, 3.63) is 65.4 Å². The molecule has 1 aromatic heterocycles. The van der Waals surface area contributed by atoms with Crippen LogP contribution in [0.2, 0.25) is 0 Å². The number of hydrogen-bond donors (Lipinski definition) is 4. The van der Waals surface area contributed by atoms with Crippen molar-refractivity contribution in [3.8, 4) is 6.07 Å². The SMILES string of the molecule is CNC1CCN(C=N/C(=C(/c2ccc3cn[nH]c3c2)C(O)NC)c2ccc(C#N)cc2)CC1. The first-order chi connectivity index (χ1) is 16.1. The summed E-state index contributed by atoms with van der Waals surface area (Å²) >= 11 is 0. The third-order valence-corrected chi connectivity index (χ3v) is 6.13. The lowest BCUT2D eigenvalue weighted by molar-refractivity contribution is 0.205. The van der Waals surface area contributed by atoms with Gasteiger partial charge in [-0.15, -0.1) is 0 Å². The van der Waals surface area contributed by atoms with Crippen LogP contribution in [0.1, 0.15) is 29.5 Å². The van der Waals surface area contributed by atoms with E-state index in [0.717, 1.165) is 48.0 Å². The van der Waals surface area contributed by atoms with Crippen molar-refractivity contribution in [3.63, 3.8) is 0 Å². The van der Waals surface area contributed by atoms with Crippen molar-refractivity contribution in [1.82, 2.24) is 25.7 Å². The number of aromatic amines is 1. The molecular weight excluding hydrogens is 414 g/mol. The molecule has 1 aliphatic heterocycles. The third kappa shape index (κ3) is 5.12. The fourth-order valence-corrected chi connectivity index (χ4v) is 4.12. The number of nitrogens with zero attached hydrogens (tertiary/aromatic N) is 4. The van der Waals surface area contributed by atoms with Gasteiger partial charge in [0.05, 0.1) is 35.4 Å². The molecule has 8 heteroatoms. The maximum atomic E-state index is 11.0. The average molecular weight is 444 g/mol. The Labute approximate surface area is 193 Å². The van der Waals surface area contributed by atoms with E-state index in [-0.39, 0.29) is 0 Å². The number of benzene rings is 2. The Morgan fingerprint density at radius 2 is 1.94 bits per heavy atom. The van der Waals surface area contributed by atoms with E-state index in [9.17, 15) is 10.4 Å². The van der Waals surface area contributed by atoms with Crippen LogP contribution < -0.4 is 10.6 Å². The topological polar surface area (TPSA) is 112 Å². The normalized spacial score (nSPS) is 16.7. The highest BCUT2D eigenvalue weighted by Gasteiger charge is 2.20. The van der Waals surface area contributed by atoms with E-state index in [1.807, 2.05) is 43.7 Å². The smallest absolute Gasteiger partial charge is 0.133 e. The molecule has 33 heavy (non-hydrogen) atoms. The van der Waals surface area contributed by atoms with Gasteiger partial charge in [0.2, 0.25) is 0 Å². The number of fused-ring (bicyclic) bond motifs is 1. The molecule has 170 valence electrons. The lowest BCUT2D eigenvalue weighted by atomic mass is 9.97. The number of nitriles is 1.